The molecule has 4 rings (SSSR count). The lowest BCUT2D eigenvalue weighted by atomic mass is 10.1. The number of hydrogen-bond acceptors (Lipinski definition) is 5. The van der Waals surface area contributed by atoms with Crippen molar-refractivity contribution >= 4 is 22.5 Å². The van der Waals surface area contributed by atoms with Gasteiger partial charge >= 0.3 is 0 Å². The zero-order valence-corrected chi connectivity index (χ0v) is 20.1. The molecule has 0 aliphatic carbocycles. The van der Waals surface area contributed by atoms with E-state index in [2.05, 4.69) is 15.5 Å². The van der Waals surface area contributed by atoms with Gasteiger partial charge in [-0.05, 0) is 62.7 Å². The van der Waals surface area contributed by atoms with Gasteiger partial charge in [-0.3, -0.25) is 9.78 Å². The van der Waals surface area contributed by atoms with Crippen LogP contribution >= 0.6 is 0 Å². The van der Waals surface area contributed by atoms with Gasteiger partial charge in [-0.25, -0.2) is 8.78 Å². The van der Waals surface area contributed by atoms with Crippen molar-refractivity contribution in [3.8, 4) is 5.75 Å². The highest BCUT2D eigenvalue weighted by atomic mass is 19.2. The number of oxime groups is 1. The van der Waals surface area contributed by atoms with Crippen LogP contribution in [0.3, 0.4) is 0 Å². The number of carbonyl (C=O) groups excluding carboxylic acids is 1. The smallest absolute Gasteiger partial charge is 0.254 e. The van der Waals surface area contributed by atoms with E-state index in [0.717, 1.165) is 17.8 Å². The first kappa shape index (κ1) is 24.8. The van der Waals surface area contributed by atoms with E-state index in [0.29, 0.717) is 34.5 Å². The summed E-state index contributed by atoms with van der Waals surface area (Å²) in [5.41, 5.74) is 2.75. The van der Waals surface area contributed by atoms with E-state index >= 15 is 0 Å². The second-order valence-corrected chi connectivity index (χ2v) is 8.59. The number of ether oxygens (including phenoxy) is 1. The molecule has 2 aromatic heterocycles. The molecular formula is C27H26F2N4O3. The van der Waals surface area contributed by atoms with E-state index in [1.165, 1.54) is 6.07 Å². The fourth-order valence-corrected chi connectivity index (χ4v) is 4.07. The van der Waals surface area contributed by atoms with Gasteiger partial charge in [0, 0.05) is 24.2 Å². The highest BCUT2D eigenvalue weighted by molar-refractivity contribution is 6.17. The van der Waals surface area contributed by atoms with Gasteiger partial charge in [0.2, 0.25) is 0 Å². The molecule has 0 radical (unpaired) electrons. The Morgan fingerprint density at radius 2 is 1.94 bits per heavy atom. The molecule has 0 saturated carbocycles. The van der Waals surface area contributed by atoms with Gasteiger partial charge in [0.15, 0.2) is 11.6 Å². The minimum absolute atomic E-state index is 0.0216. The molecule has 0 spiro atoms. The molecule has 7 nitrogen and oxygen atoms in total. The number of benzene rings is 2. The number of fused-ring (bicyclic) bond motifs is 1. The summed E-state index contributed by atoms with van der Waals surface area (Å²) in [7, 11) is 0. The largest absolute Gasteiger partial charge is 0.491 e. The van der Waals surface area contributed by atoms with E-state index in [1.54, 1.807) is 25.3 Å². The lowest BCUT2D eigenvalue weighted by molar-refractivity contribution is 0.0952. The van der Waals surface area contributed by atoms with E-state index in [1.807, 2.05) is 42.7 Å². The Morgan fingerprint density at radius 3 is 2.61 bits per heavy atom. The number of carbonyl (C=O) groups is 1. The van der Waals surface area contributed by atoms with Gasteiger partial charge in [-0.15, -0.1) is 0 Å². The minimum atomic E-state index is -0.990. The van der Waals surface area contributed by atoms with Crippen LogP contribution in [0.25, 0.3) is 10.9 Å². The van der Waals surface area contributed by atoms with Crippen molar-refractivity contribution in [1.82, 2.24) is 14.9 Å². The fourth-order valence-electron chi connectivity index (χ4n) is 4.07. The van der Waals surface area contributed by atoms with Gasteiger partial charge in [-0.2, -0.15) is 0 Å². The molecular weight excluding hydrogens is 466 g/mol. The number of hydrogen-bond donors (Lipinski definition) is 2. The third-order valence-corrected chi connectivity index (χ3v) is 5.61. The number of pyridine rings is 1. The summed E-state index contributed by atoms with van der Waals surface area (Å²) in [6.45, 7) is 5.72. The Kier molecular flexibility index (Phi) is 7.28. The maximum absolute atomic E-state index is 13.6. The maximum atomic E-state index is 13.6. The molecule has 186 valence electrons. The molecule has 2 aromatic carbocycles. The summed E-state index contributed by atoms with van der Waals surface area (Å²) >= 11 is 0. The van der Waals surface area contributed by atoms with Crippen LogP contribution in [0.5, 0.6) is 5.75 Å². The molecule has 2 N–H and O–H groups in total. The van der Waals surface area contributed by atoms with Crippen LogP contribution < -0.4 is 10.1 Å². The molecule has 2 heterocycles. The van der Waals surface area contributed by atoms with Crippen LogP contribution in [0.15, 0.2) is 65.9 Å². The Hall–Kier alpha value is -4.27. The summed E-state index contributed by atoms with van der Waals surface area (Å²) in [6.07, 6.45) is 1.62. The molecule has 0 fully saturated rings. The maximum Gasteiger partial charge on any atom is 0.254 e. The molecule has 4 aromatic rings. The number of halogens is 2. The standard InChI is InChI=1S/C27H26F2N4O3/c1-16(2)36-20-8-9-21-24(13-20)33(15-19-6-4-5-11-30-19)26(17(3)32-35)25(21)27(34)31-14-18-7-10-22(28)23(29)12-18/h4-13,16,35H,14-15H2,1-3H3,(H,31,34)/b32-17+. The monoisotopic (exact) mass is 492 g/mol. The van der Waals surface area contributed by atoms with Gasteiger partial charge in [-0.1, -0.05) is 17.3 Å². The Labute approximate surface area is 207 Å². The summed E-state index contributed by atoms with van der Waals surface area (Å²) in [5, 5.41) is 16.4. The van der Waals surface area contributed by atoms with Crippen molar-refractivity contribution in [3.05, 3.63) is 94.9 Å². The lowest BCUT2D eigenvalue weighted by Gasteiger charge is -2.13. The van der Waals surface area contributed by atoms with Crippen molar-refractivity contribution in [3.63, 3.8) is 0 Å². The van der Waals surface area contributed by atoms with Crippen LogP contribution in [0.1, 0.15) is 48.1 Å². The van der Waals surface area contributed by atoms with Crippen molar-refractivity contribution < 1.29 is 23.5 Å². The van der Waals surface area contributed by atoms with E-state index < -0.39 is 17.5 Å². The molecule has 36 heavy (non-hydrogen) atoms. The van der Waals surface area contributed by atoms with Crippen LogP contribution in [0, 0.1) is 11.6 Å². The first-order valence-corrected chi connectivity index (χ1v) is 11.4. The summed E-state index contributed by atoms with van der Waals surface area (Å²) in [5.74, 6) is -1.79. The summed E-state index contributed by atoms with van der Waals surface area (Å²) in [6, 6.07) is 14.4. The zero-order chi connectivity index (χ0) is 25.8. The third kappa shape index (κ3) is 5.19. The van der Waals surface area contributed by atoms with Crippen molar-refractivity contribution in [2.45, 2.75) is 40.0 Å². The number of nitrogens with one attached hydrogen (secondary N) is 1. The predicted molar refractivity (Wildman–Crippen MR) is 133 cm³/mol. The van der Waals surface area contributed by atoms with E-state index in [-0.39, 0.29) is 23.9 Å². The van der Waals surface area contributed by atoms with Gasteiger partial charge in [0.25, 0.3) is 5.91 Å². The molecule has 0 saturated heterocycles. The van der Waals surface area contributed by atoms with E-state index in [4.69, 9.17) is 4.74 Å². The molecule has 0 aliphatic rings. The number of aromatic nitrogens is 2. The number of nitrogens with zero attached hydrogens (tertiary/aromatic N) is 3. The van der Waals surface area contributed by atoms with Crippen molar-refractivity contribution in [1.29, 1.82) is 0 Å². The SMILES string of the molecule is C/C(=N\O)c1c(C(=O)NCc2ccc(F)c(F)c2)c2ccc(OC(C)C)cc2n1Cc1ccccn1. The van der Waals surface area contributed by atoms with Crippen LogP contribution in [0.4, 0.5) is 8.78 Å². The second-order valence-electron chi connectivity index (χ2n) is 8.59. The van der Waals surface area contributed by atoms with Gasteiger partial charge < -0.3 is 19.8 Å². The van der Waals surface area contributed by atoms with Crippen LogP contribution in [0.2, 0.25) is 0 Å². The van der Waals surface area contributed by atoms with Crippen LogP contribution in [-0.4, -0.2) is 32.5 Å². The summed E-state index contributed by atoms with van der Waals surface area (Å²) in [4.78, 5) is 17.9. The average Bonchev–Trinajstić information content (AvgIpc) is 3.17. The highest BCUT2D eigenvalue weighted by Crippen LogP contribution is 2.31. The number of amides is 1. The molecule has 9 heteroatoms. The molecule has 0 atom stereocenters. The fraction of sp³-hybridized carbons (Fsp3) is 0.222. The Balaban J connectivity index is 1.83. The summed E-state index contributed by atoms with van der Waals surface area (Å²) < 4.78 is 34.7. The van der Waals surface area contributed by atoms with E-state index in [9.17, 15) is 18.8 Å². The normalized spacial score (nSPS) is 11.8. The molecule has 0 aliphatic heterocycles. The third-order valence-electron chi connectivity index (χ3n) is 5.61. The Bertz CT molecular complexity index is 1430. The lowest BCUT2D eigenvalue weighted by Crippen LogP contribution is -2.25. The first-order chi connectivity index (χ1) is 17.3. The predicted octanol–water partition coefficient (Wildman–Crippen LogP) is 5.28. The Morgan fingerprint density at radius 1 is 1.14 bits per heavy atom. The minimum Gasteiger partial charge on any atom is -0.491 e. The van der Waals surface area contributed by atoms with Crippen molar-refractivity contribution in [2.75, 3.05) is 0 Å². The van der Waals surface area contributed by atoms with Gasteiger partial charge in [0.05, 0.1) is 35.1 Å². The second kappa shape index (κ2) is 10.6. The topological polar surface area (TPSA) is 88.7 Å². The highest BCUT2D eigenvalue weighted by Gasteiger charge is 2.25. The molecule has 0 bridgehead atoms. The zero-order valence-electron chi connectivity index (χ0n) is 20.1. The van der Waals surface area contributed by atoms with Crippen LogP contribution in [-0.2, 0) is 13.1 Å². The quantitative estimate of drug-likeness (QED) is 0.199. The first-order valence-electron chi connectivity index (χ1n) is 11.4. The van der Waals surface area contributed by atoms with Gasteiger partial charge in [0.1, 0.15) is 11.5 Å². The molecule has 1 amide bonds. The van der Waals surface area contributed by atoms with Crippen molar-refractivity contribution in [2.24, 2.45) is 5.16 Å². The average molecular weight is 493 g/mol. The number of rotatable bonds is 8. The molecule has 0 unspecified atom stereocenters.